The van der Waals surface area contributed by atoms with Crippen LogP contribution in [0.3, 0.4) is 0 Å². The van der Waals surface area contributed by atoms with Crippen LogP contribution in [0.5, 0.6) is 0 Å². The van der Waals surface area contributed by atoms with E-state index in [1.54, 1.807) is 12.4 Å². The number of likely N-dealkylation sites (N-methyl/N-ethyl adjacent to an activating group) is 1. The SMILES string of the molecule is CCN1CCc2[nH]cnc2C12CCN(C(=O)C[C@H]1C=CS(=O)(=O)C1)CC2. The predicted octanol–water partition coefficient (Wildman–Crippen LogP) is 1.05. The summed E-state index contributed by atoms with van der Waals surface area (Å²) >= 11 is 0. The number of fused-ring (bicyclic) bond motifs is 2. The van der Waals surface area contributed by atoms with Crippen molar-refractivity contribution in [1.29, 1.82) is 0 Å². The van der Waals surface area contributed by atoms with Crippen LogP contribution in [-0.2, 0) is 26.6 Å². The molecule has 0 unspecified atom stereocenters. The molecule has 7 nitrogen and oxygen atoms in total. The Morgan fingerprint density at radius 2 is 2.12 bits per heavy atom. The number of H-pyrrole nitrogens is 1. The molecule has 0 radical (unpaired) electrons. The fourth-order valence-electron chi connectivity index (χ4n) is 4.78. The monoisotopic (exact) mass is 378 g/mol. The third-order valence-electron chi connectivity index (χ3n) is 6.16. The number of aromatic nitrogens is 2. The Morgan fingerprint density at radius 1 is 1.35 bits per heavy atom. The minimum atomic E-state index is -3.10. The highest BCUT2D eigenvalue weighted by atomic mass is 32.2. The van der Waals surface area contributed by atoms with E-state index in [4.69, 9.17) is 0 Å². The molecule has 3 aliphatic heterocycles. The third kappa shape index (κ3) is 2.99. The van der Waals surface area contributed by atoms with Crippen LogP contribution in [0.25, 0.3) is 0 Å². The molecule has 1 N–H and O–H groups in total. The largest absolute Gasteiger partial charge is 0.348 e. The van der Waals surface area contributed by atoms with Crippen LogP contribution >= 0.6 is 0 Å². The summed E-state index contributed by atoms with van der Waals surface area (Å²) in [5.74, 6) is -0.0487. The van der Waals surface area contributed by atoms with Gasteiger partial charge in [0.25, 0.3) is 0 Å². The first kappa shape index (κ1) is 17.7. The highest BCUT2D eigenvalue weighted by Gasteiger charge is 2.46. The van der Waals surface area contributed by atoms with Gasteiger partial charge in [0.05, 0.1) is 23.3 Å². The van der Waals surface area contributed by atoms with Crippen LogP contribution in [0.4, 0.5) is 0 Å². The Balaban J connectivity index is 1.44. The number of likely N-dealkylation sites (tertiary alicyclic amines) is 1. The van der Waals surface area contributed by atoms with E-state index in [0.717, 1.165) is 38.0 Å². The molecule has 26 heavy (non-hydrogen) atoms. The number of carbonyl (C=O) groups excluding carboxylic acids is 1. The maximum absolute atomic E-state index is 12.6. The van der Waals surface area contributed by atoms with Crippen LogP contribution in [0, 0.1) is 5.92 Å². The summed E-state index contributed by atoms with van der Waals surface area (Å²) in [6, 6.07) is 0. The van der Waals surface area contributed by atoms with Gasteiger partial charge in [-0.25, -0.2) is 13.4 Å². The highest BCUT2D eigenvalue weighted by molar-refractivity contribution is 7.94. The molecule has 1 amide bonds. The fourth-order valence-corrected chi connectivity index (χ4v) is 6.18. The van der Waals surface area contributed by atoms with E-state index >= 15 is 0 Å². The molecule has 142 valence electrons. The van der Waals surface area contributed by atoms with Crippen LogP contribution < -0.4 is 0 Å². The number of nitrogens with zero attached hydrogens (tertiary/aromatic N) is 3. The van der Waals surface area contributed by atoms with E-state index in [0.29, 0.717) is 13.1 Å². The summed E-state index contributed by atoms with van der Waals surface area (Å²) in [7, 11) is -3.10. The molecule has 4 heterocycles. The number of imidazole rings is 1. The second kappa shape index (κ2) is 6.49. The molecule has 1 saturated heterocycles. The van der Waals surface area contributed by atoms with Crippen molar-refractivity contribution in [3.05, 3.63) is 29.2 Å². The normalized spacial score (nSPS) is 27.0. The Labute approximate surface area is 154 Å². The van der Waals surface area contributed by atoms with Crippen molar-refractivity contribution in [3.63, 3.8) is 0 Å². The lowest BCUT2D eigenvalue weighted by Gasteiger charge is -2.50. The number of allylic oxidation sites excluding steroid dienone is 1. The standard InChI is InChI=1S/C18H26N4O3S/c1-2-22-7-3-15-17(20-13-19-15)18(22)5-8-21(9-6-18)16(23)11-14-4-10-26(24,25)12-14/h4,10,13-14H,2-3,5-9,11-12H2,1H3,(H,19,20)/t14-/m1/s1. The molecule has 0 aliphatic carbocycles. The lowest BCUT2D eigenvalue weighted by Crippen LogP contribution is -2.57. The molecular weight excluding hydrogens is 352 g/mol. The van der Waals surface area contributed by atoms with Gasteiger partial charge in [0.2, 0.25) is 5.91 Å². The van der Waals surface area contributed by atoms with E-state index < -0.39 is 9.84 Å². The number of carbonyl (C=O) groups is 1. The Bertz CT molecular complexity index is 821. The van der Waals surface area contributed by atoms with Gasteiger partial charge in [-0.05, 0) is 19.4 Å². The first-order chi connectivity index (χ1) is 12.4. The van der Waals surface area contributed by atoms with E-state index in [2.05, 4.69) is 21.8 Å². The third-order valence-corrected chi connectivity index (χ3v) is 7.63. The fraction of sp³-hybridized carbons (Fsp3) is 0.667. The maximum Gasteiger partial charge on any atom is 0.223 e. The van der Waals surface area contributed by atoms with Gasteiger partial charge in [0.1, 0.15) is 0 Å². The van der Waals surface area contributed by atoms with Crippen LogP contribution in [0.15, 0.2) is 17.8 Å². The number of rotatable bonds is 3. The number of hydrogen-bond donors (Lipinski definition) is 1. The van der Waals surface area contributed by atoms with E-state index in [1.165, 1.54) is 11.1 Å². The summed E-state index contributed by atoms with van der Waals surface area (Å²) in [4.78, 5) is 25.0. The maximum atomic E-state index is 12.6. The molecule has 8 heteroatoms. The molecule has 1 fully saturated rings. The first-order valence-corrected chi connectivity index (χ1v) is 11.1. The molecule has 1 aromatic rings. The first-order valence-electron chi connectivity index (χ1n) is 9.40. The van der Waals surface area contributed by atoms with Crippen molar-refractivity contribution in [3.8, 4) is 0 Å². The molecule has 0 saturated carbocycles. The molecule has 1 spiro atoms. The molecule has 0 bridgehead atoms. The summed E-state index contributed by atoms with van der Waals surface area (Å²) in [6.45, 7) is 5.58. The summed E-state index contributed by atoms with van der Waals surface area (Å²) < 4.78 is 23.1. The molecule has 0 aromatic carbocycles. The molecular formula is C18H26N4O3S. The minimum Gasteiger partial charge on any atom is -0.348 e. The van der Waals surface area contributed by atoms with Gasteiger partial charge >= 0.3 is 0 Å². The average Bonchev–Trinajstić information content (AvgIpc) is 3.22. The van der Waals surface area contributed by atoms with E-state index in [9.17, 15) is 13.2 Å². The second-order valence-electron chi connectivity index (χ2n) is 7.59. The van der Waals surface area contributed by atoms with Crippen molar-refractivity contribution in [2.45, 2.75) is 38.1 Å². The van der Waals surface area contributed by atoms with Gasteiger partial charge in [0, 0.05) is 49.5 Å². The number of aromatic amines is 1. The van der Waals surface area contributed by atoms with Crippen LogP contribution in [-0.4, -0.2) is 66.0 Å². The quantitative estimate of drug-likeness (QED) is 0.850. The van der Waals surface area contributed by atoms with Gasteiger partial charge in [-0.1, -0.05) is 13.0 Å². The Morgan fingerprint density at radius 3 is 2.77 bits per heavy atom. The topological polar surface area (TPSA) is 86.4 Å². The predicted molar refractivity (Wildman–Crippen MR) is 98.1 cm³/mol. The van der Waals surface area contributed by atoms with E-state index in [-0.39, 0.29) is 29.5 Å². The highest BCUT2D eigenvalue weighted by Crippen LogP contribution is 2.42. The Kier molecular flexibility index (Phi) is 4.43. The van der Waals surface area contributed by atoms with Crippen molar-refractivity contribution in [2.24, 2.45) is 5.92 Å². The second-order valence-corrected chi connectivity index (χ2v) is 9.53. The zero-order valence-electron chi connectivity index (χ0n) is 15.1. The summed E-state index contributed by atoms with van der Waals surface area (Å²) in [5.41, 5.74) is 2.31. The van der Waals surface area contributed by atoms with Crippen molar-refractivity contribution < 1.29 is 13.2 Å². The van der Waals surface area contributed by atoms with Gasteiger partial charge in [-0.2, -0.15) is 0 Å². The summed E-state index contributed by atoms with van der Waals surface area (Å²) in [6.07, 6.45) is 6.49. The zero-order chi connectivity index (χ0) is 18.4. The summed E-state index contributed by atoms with van der Waals surface area (Å²) in [5, 5.41) is 1.25. The number of piperidine rings is 1. The molecule has 3 aliphatic rings. The smallest absolute Gasteiger partial charge is 0.223 e. The zero-order valence-corrected chi connectivity index (χ0v) is 16.0. The van der Waals surface area contributed by atoms with Gasteiger partial charge in [-0.3, -0.25) is 9.69 Å². The van der Waals surface area contributed by atoms with Crippen molar-refractivity contribution >= 4 is 15.7 Å². The minimum absolute atomic E-state index is 0.0627. The number of hydrogen-bond acceptors (Lipinski definition) is 5. The van der Waals surface area contributed by atoms with Gasteiger partial charge in [-0.15, -0.1) is 0 Å². The van der Waals surface area contributed by atoms with E-state index in [1.807, 2.05) is 4.90 Å². The number of amides is 1. The molecule has 1 atom stereocenters. The van der Waals surface area contributed by atoms with Crippen molar-refractivity contribution in [1.82, 2.24) is 19.8 Å². The van der Waals surface area contributed by atoms with Crippen molar-refractivity contribution in [2.75, 3.05) is 31.9 Å². The number of sulfone groups is 1. The molecule has 1 aromatic heterocycles. The molecule has 4 rings (SSSR count). The lowest BCUT2D eigenvalue weighted by molar-refractivity contribution is -0.135. The Hall–Kier alpha value is -1.67. The van der Waals surface area contributed by atoms with Gasteiger partial charge in [0.15, 0.2) is 9.84 Å². The lowest BCUT2D eigenvalue weighted by atomic mass is 9.78. The average molecular weight is 378 g/mol. The number of nitrogens with one attached hydrogen (secondary N) is 1. The van der Waals surface area contributed by atoms with Crippen LogP contribution in [0.1, 0.15) is 37.6 Å². The van der Waals surface area contributed by atoms with Crippen LogP contribution in [0.2, 0.25) is 0 Å². The van der Waals surface area contributed by atoms with Gasteiger partial charge < -0.3 is 9.88 Å².